The molecule has 2 atom stereocenters. The predicted molar refractivity (Wildman–Crippen MR) is 95.9 cm³/mol. The third kappa shape index (κ3) is 2.58. The maximum atomic E-state index is 13.4. The quantitative estimate of drug-likeness (QED) is 0.771. The molecule has 2 aliphatic rings. The molecule has 0 radical (unpaired) electrons. The summed E-state index contributed by atoms with van der Waals surface area (Å²) in [6.07, 6.45) is 4.89. The third-order valence-electron chi connectivity index (χ3n) is 5.58. The molecule has 0 aromatic carbocycles. The lowest BCUT2D eigenvalue weighted by atomic mass is 9.67. The number of amides is 1. The molecule has 1 aliphatic carbocycles. The molecule has 7 nitrogen and oxygen atoms in total. The molecule has 2 aromatic heterocycles. The van der Waals surface area contributed by atoms with Crippen LogP contribution in [-0.4, -0.2) is 39.6 Å². The summed E-state index contributed by atoms with van der Waals surface area (Å²) in [7, 11) is 1.60. The van der Waals surface area contributed by atoms with E-state index in [4.69, 9.17) is 9.15 Å². The molecule has 0 unspecified atom stereocenters. The number of nitrogens with zero attached hydrogens (tertiary/aromatic N) is 4. The van der Waals surface area contributed by atoms with E-state index in [2.05, 4.69) is 22.1 Å². The van der Waals surface area contributed by atoms with Crippen molar-refractivity contribution in [1.82, 2.24) is 20.1 Å². The predicted octanol–water partition coefficient (Wildman–Crippen LogP) is 3.08. The molecular formula is C18H24N4O3S. The van der Waals surface area contributed by atoms with Crippen molar-refractivity contribution < 1.29 is 13.9 Å². The molecule has 8 heteroatoms. The normalized spacial score (nSPS) is 24.6. The Hall–Kier alpha value is -1.80. The van der Waals surface area contributed by atoms with Gasteiger partial charge in [-0.1, -0.05) is 6.92 Å². The van der Waals surface area contributed by atoms with Gasteiger partial charge in [0.2, 0.25) is 11.8 Å². The first-order valence-corrected chi connectivity index (χ1v) is 10.0. The smallest absolute Gasteiger partial charge is 0.266 e. The lowest BCUT2D eigenvalue weighted by Gasteiger charge is -2.46. The second kappa shape index (κ2) is 6.74. The van der Waals surface area contributed by atoms with Crippen molar-refractivity contribution in [2.75, 3.05) is 13.7 Å². The number of thiazole rings is 1. The molecule has 2 fully saturated rings. The molecule has 0 spiro atoms. The first-order chi connectivity index (χ1) is 12.6. The van der Waals surface area contributed by atoms with E-state index in [1.165, 1.54) is 11.3 Å². The van der Waals surface area contributed by atoms with Crippen molar-refractivity contribution in [3.05, 3.63) is 27.4 Å². The average Bonchev–Trinajstić information content (AvgIpc) is 3.26. The molecule has 4 rings (SSSR count). The lowest BCUT2D eigenvalue weighted by molar-refractivity contribution is -0.00435. The van der Waals surface area contributed by atoms with E-state index in [0.717, 1.165) is 54.2 Å². The topological polar surface area (TPSA) is 81.4 Å². The van der Waals surface area contributed by atoms with Gasteiger partial charge in [0.1, 0.15) is 17.0 Å². The van der Waals surface area contributed by atoms with Crippen LogP contribution >= 0.6 is 11.3 Å². The number of fused-ring (bicyclic) bond motifs is 1. The average molecular weight is 376 g/mol. The zero-order chi connectivity index (χ0) is 18.3. The van der Waals surface area contributed by atoms with Gasteiger partial charge in [-0.15, -0.1) is 21.5 Å². The Morgan fingerprint density at radius 3 is 2.96 bits per heavy atom. The summed E-state index contributed by atoms with van der Waals surface area (Å²) in [4.78, 5) is 20.7. The van der Waals surface area contributed by atoms with Gasteiger partial charge in [-0.05, 0) is 44.9 Å². The van der Waals surface area contributed by atoms with E-state index in [9.17, 15) is 4.79 Å². The van der Waals surface area contributed by atoms with Crippen LogP contribution in [0.1, 0.15) is 64.8 Å². The fraction of sp³-hybridized carbons (Fsp3) is 0.667. The number of carbonyl (C=O) groups is 1. The van der Waals surface area contributed by atoms with Gasteiger partial charge in [-0.2, -0.15) is 0 Å². The summed E-state index contributed by atoms with van der Waals surface area (Å²) >= 11 is 1.52. The van der Waals surface area contributed by atoms with Crippen LogP contribution < -0.4 is 0 Å². The molecule has 3 heterocycles. The van der Waals surface area contributed by atoms with E-state index >= 15 is 0 Å². The number of carbonyl (C=O) groups excluding carboxylic acids is 1. The second-order valence-electron chi connectivity index (χ2n) is 7.11. The van der Waals surface area contributed by atoms with Crippen LogP contribution in [0.2, 0.25) is 0 Å². The highest BCUT2D eigenvalue weighted by Gasteiger charge is 2.61. The Balaban J connectivity index is 1.65. The molecule has 0 bridgehead atoms. The fourth-order valence-electron chi connectivity index (χ4n) is 4.23. The van der Waals surface area contributed by atoms with Crippen LogP contribution in [0, 0.1) is 12.8 Å². The van der Waals surface area contributed by atoms with Crippen LogP contribution in [0.15, 0.2) is 4.42 Å². The van der Waals surface area contributed by atoms with Crippen LogP contribution in [0.4, 0.5) is 0 Å². The molecule has 2 aromatic rings. The van der Waals surface area contributed by atoms with E-state index < -0.39 is 5.54 Å². The van der Waals surface area contributed by atoms with E-state index in [1.54, 1.807) is 7.11 Å². The molecule has 26 heavy (non-hydrogen) atoms. The number of rotatable bonds is 6. The van der Waals surface area contributed by atoms with Gasteiger partial charge in [-0.25, -0.2) is 4.98 Å². The van der Waals surface area contributed by atoms with Crippen LogP contribution in [0.5, 0.6) is 0 Å². The van der Waals surface area contributed by atoms with Crippen molar-refractivity contribution in [1.29, 1.82) is 0 Å². The van der Waals surface area contributed by atoms with Gasteiger partial charge in [0.15, 0.2) is 0 Å². The number of likely N-dealkylation sites (tertiary alicyclic amines) is 1. The van der Waals surface area contributed by atoms with Gasteiger partial charge in [-0.3, -0.25) is 4.79 Å². The highest BCUT2D eigenvalue weighted by Crippen LogP contribution is 2.57. The summed E-state index contributed by atoms with van der Waals surface area (Å²) in [6, 6.07) is 0. The van der Waals surface area contributed by atoms with Crippen molar-refractivity contribution in [2.45, 2.75) is 58.1 Å². The number of hydrogen-bond acceptors (Lipinski definition) is 7. The molecule has 1 saturated heterocycles. The van der Waals surface area contributed by atoms with Gasteiger partial charge >= 0.3 is 0 Å². The summed E-state index contributed by atoms with van der Waals surface area (Å²) in [5.74, 6) is 1.46. The molecule has 1 aliphatic heterocycles. The lowest BCUT2D eigenvalue weighted by Crippen LogP contribution is -2.53. The standard InChI is InChI=1S/C18H24N4O3S/c1-4-5-14-19-11(2)15(26-14)16(23)22-9-7-12-6-8-18(12,22)17-21-20-13(25-17)10-24-3/h12H,4-10H2,1-3H3/t12-,18-/m0/s1. The molecule has 140 valence electrons. The number of aromatic nitrogens is 3. The molecule has 1 amide bonds. The van der Waals surface area contributed by atoms with Gasteiger partial charge in [0.05, 0.1) is 10.7 Å². The third-order valence-corrected chi connectivity index (χ3v) is 6.79. The number of ether oxygens (including phenoxy) is 1. The SMILES string of the molecule is CCCc1nc(C)c(C(=O)N2CC[C@@H]3CC[C@@]32c2nnc(COC)o2)s1. The fourth-order valence-corrected chi connectivity index (χ4v) is 5.34. The number of aryl methyl sites for hydroxylation is 2. The Morgan fingerprint density at radius 1 is 1.42 bits per heavy atom. The van der Waals surface area contributed by atoms with Crippen LogP contribution in [0.25, 0.3) is 0 Å². The molecule has 1 saturated carbocycles. The zero-order valence-electron chi connectivity index (χ0n) is 15.4. The Kier molecular flexibility index (Phi) is 4.56. The van der Waals surface area contributed by atoms with Crippen LogP contribution in [-0.2, 0) is 23.3 Å². The Bertz CT molecular complexity index is 817. The Morgan fingerprint density at radius 2 is 2.27 bits per heavy atom. The van der Waals surface area contributed by atoms with E-state index in [-0.39, 0.29) is 12.5 Å². The maximum Gasteiger partial charge on any atom is 0.266 e. The van der Waals surface area contributed by atoms with Crippen molar-refractivity contribution in [3.63, 3.8) is 0 Å². The van der Waals surface area contributed by atoms with Gasteiger partial charge in [0.25, 0.3) is 5.91 Å². The largest absolute Gasteiger partial charge is 0.420 e. The monoisotopic (exact) mass is 376 g/mol. The first-order valence-electron chi connectivity index (χ1n) is 9.20. The van der Waals surface area contributed by atoms with Gasteiger partial charge < -0.3 is 14.1 Å². The molecular weight excluding hydrogens is 352 g/mol. The molecule has 0 N–H and O–H groups in total. The Labute approximate surface area is 156 Å². The van der Waals surface area contributed by atoms with E-state index in [1.807, 2.05) is 11.8 Å². The summed E-state index contributed by atoms with van der Waals surface area (Å²) < 4.78 is 11.0. The summed E-state index contributed by atoms with van der Waals surface area (Å²) in [5, 5.41) is 9.39. The van der Waals surface area contributed by atoms with Gasteiger partial charge in [0, 0.05) is 13.7 Å². The zero-order valence-corrected chi connectivity index (χ0v) is 16.3. The second-order valence-corrected chi connectivity index (χ2v) is 8.20. The maximum absolute atomic E-state index is 13.4. The first kappa shape index (κ1) is 17.6. The van der Waals surface area contributed by atoms with Crippen molar-refractivity contribution in [2.24, 2.45) is 5.92 Å². The highest BCUT2D eigenvalue weighted by atomic mass is 32.1. The summed E-state index contributed by atoms with van der Waals surface area (Å²) in [5.41, 5.74) is 0.379. The minimum Gasteiger partial charge on any atom is -0.420 e. The minimum atomic E-state index is -0.447. The van der Waals surface area contributed by atoms with Crippen molar-refractivity contribution >= 4 is 17.2 Å². The summed E-state index contributed by atoms with van der Waals surface area (Å²) in [6.45, 7) is 5.06. The highest BCUT2D eigenvalue weighted by molar-refractivity contribution is 7.13. The minimum absolute atomic E-state index is 0.0519. The van der Waals surface area contributed by atoms with Crippen LogP contribution in [0.3, 0.4) is 0 Å². The van der Waals surface area contributed by atoms with Crippen molar-refractivity contribution in [3.8, 4) is 0 Å². The number of hydrogen-bond donors (Lipinski definition) is 0. The number of methoxy groups -OCH3 is 1. The van der Waals surface area contributed by atoms with E-state index in [0.29, 0.717) is 17.7 Å².